The van der Waals surface area contributed by atoms with Crippen LogP contribution in [0.1, 0.15) is 27.9 Å². The summed E-state index contributed by atoms with van der Waals surface area (Å²) in [5.74, 6) is 0. The maximum absolute atomic E-state index is 13.0. The van der Waals surface area contributed by atoms with Crippen LogP contribution in [0.5, 0.6) is 0 Å². The number of thiazole rings is 1. The van der Waals surface area contributed by atoms with Gasteiger partial charge in [0.1, 0.15) is 6.07 Å². The first kappa shape index (κ1) is 21.5. The Morgan fingerprint density at radius 2 is 1.71 bits per heavy atom. The Kier molecular flexibility index (Phi) is 6.10. The van der Waals surface area contributed by atoms with E-state index in [1.807, 2.05) is 6.07 Å². The number of hydrogen-bond acceptors (Lipinski definition) is 6. The maximum Gasteiger partial charge on any atom is 0.244 e. The summed E-state index contributed by atoms with van der Waals surface area (Å²) in [5.41, 5.74) is 5.07. The van der Waals surface area contributed by atoms with Crippen LogP contribution in [0.15, 0.2) is 52.7 Å². The molecule has 1 aliphatic rings. The monoisotopic (exact) mass is 452 g/mol. The Labute approximate surface area is 187 Å². The van der Waals surface area contributed by atoms with E-state index in [4.69, 9.17) is 4.98 Å². The molecular formula is C23H24N4O2S2. The first-order chi connectivity index (χ1) is 14.9. The maximum atomic E-state index is 13.0. The van der Waals surface area contributed by atoms with Gasteiger partial charge in [0, 0.05) is 38.0 Å². The number of hydrogen-bond donors (Lipinski definition) is 0. The third kappa shape index (κ3) is 4.35. The largest absolute Gasteiger partial charge is 0.345 e. The fraction of sp³-hybridized carbons (Fsp3) is 0.304. The van der Waals surface area contributed by atoms with Crippen molar-refractivity contribution < 1.29 is 8.42 Å². The lowest BCUT2D eigenvalue weighted by atomic mass is 9.99. The normalized spacial score (nSPS) is 15.1. The van der Waals surface area contributed by atoms with Crippen molar-refractivity contribution in [2.24, 2.45) is 0 Å². The zero-order chi connectivity index (χ0) is 22.0. The summed E-state index contributed by atoms with van der Waals surface area (Å²) in [7, 11) is -3.69. The number of nitriles is 1. The molecule has 1 aromatic heterocycles. The summed E-state index contributed by atoms with van der Waals surface area (Å²) < 4.78 is 27.5. The molecule has 3 aromatic rings. The van der Waals surface area contributed by atoms with Gasteiger partial charge in [-0.2, -0.15) is 9.57 Å². The Morgan fingerprint density at radius 3 is 2.39 bits per heavy atom. The number of sulfonamides is 1. The number of rotatable bonds is 5. The first-order valence-corrected chi connectivity index (χ1v) is 12.5. The van der Waals surface area contributed by atoms with Crippen LogP contribution in [-0.2, 0) is 16.4 Å². The summed E-state index contributed by atoms with van der Waals surface area (Å²) in [6.07, 6.45) is 0.800. The van der Waals surface area contributed by atoms with Crippen LogP contribution < -0.4 is 4.90 Å². The van der Waals surface area contributed by atoms with Crippen LogP contribution in [0.3, 0.4) is 0 Å². The number of nitrogens with zero attached hydrogens (tertiary/aromatic N) is 4. The lowest BCUT2D eigenvalue weighted by molar-refractivity contribution is 0.384. The van der Waals surface area contributed by atoms with Gasteiger partial charge in [-0.3, -0.25) is 0 Å². The molecule has 1 aliphatic heterocycles. The quantitative estimate of drug-likeness (QED) is 0.589. The van der Waals surface area contributed by atoms with E-state index in [1.165, 1.54) is 33.1 Å². The molecule has 0 amide bonds. The zero-order valence-electron chi connectivity index (χ0n) is 17.6. The van der Waals surface area contributed by atoms with Crippen molar-refractivity contribution in [3.05, 3.63) is 75.8 Å². The summed E-state index contributed by atoms with van der Waals surface area (Å²) in [6, 6.07) is 14.7. The fourth-order valence-electron chi connectivity index (χ4n) is 3.87. The molecule has 0 unspecified atom stereocenters. The van der Waals surface area contributed by atoms with Crippen molar-refractivity contribution in [1.29, 1.82) is 5.26 Å². The highest BCUT2D eigenvalue weighted by atomic mass is 32.2. The number of piperazine rings is 1. The second-order valence-corrected chi connectivity index (χ2v) is 10.4. The topological polar surface area (TPSA) is 77.3 Å². The standard InChI is InChI=1S/C23H24N4O2S2/c1-17-6-5-7-18(2)21(17)14-20-16-30-23(25-20)26-10-12-27(13-11-26)31(28,29)22-9-4-3-8-19(22)15-24/h3-9,16H,10-14H2,1-2H3. The number of aromatic nitrogens is 1. The molecule has 1 fully saturated rings. The molecule has 0 N–H and O–H groups in total. The molecule has 160 valence electrons. The molecule has 0 bridgehead atoms. The third-order valence-electron chi connectivity index (χ3n) is 5.68. The predicted octanol–water partition coefficient (Wildman–Crippen LogP) is 3.73. The van der Waals surface area contributed by atoms with E-state index in [-0.39, 0.29) is 10.5 Å². The van der Waals surface area contributed by atoms with Gasteiger partial charge >= 0.3 is 0 Å². The molecule has 0 aliphatic carbocycles. The molecule has 2 heterocycles. The number of anilines is 1. The number of benzene rings is 2. The average molecular weight is 453 g/mol. The summed E-state index contributed by atoms with van der Waals surface area (Å²) in [5, 5.41) is 12.3. The van der Waals surface area contributed by atoms with Gasteiger partial charge in [0.25, 0.3) is 0 Å². The molecule has 0 radical (unpaired) electrons. The minimum Gasteiger partial charge on any atom is -0.345 e. The lowest BCUT2D eigenvalue weighted by Gasteiger charge is -2.33. The smallest absolute Gasteiger partial charge is 0.244 e. The predicted molar refractivity (Wildman–Crippen MR) is 123 cm³/mol. The van der Waals surface area contributed by atoms with Crippen molar-refractivity contribution >= 4 is 26.5 Å². The summed E-state index contributed by atoms with van der Waals surface area (Å²) in [6.45, 7) is 6.13. The van der Waals surface area contributed by atoms with Crippen molar-refractivity contribution in [2.45, 2.75) is 25.2 Å². The lowest BCUT2D eigenvalue weighted by Crippen LogP contribution is -2.48. The van der Waals surface area contributed by atoms with Crippen LogP contribution in [0.4, 0.5) is 5.13 Å². The minimum absolute atomic E-state index is 0.0797. The van der Waals surface area contributed by atoms with E-state index in [2.05, 4.69) is 42.3 Å². The molecule has 31 heavy (non-hydrogen) atoms. The van der Waals surface area contributed by atoms with Gasteiger partial charge < -0.3 is 4.90 Å². The van der Waals surface area contributed by atoms with Gasteiger partial charge in [0.15, 0.2) is 5.13 Å². The Hall–Kier alpha value is -2.73. The van der Waals surface area contributed by atoms with Gasteiger partial charge in [-0.15, -0.1) is 11.3 Å². The van der Waals surface area contributed by atoms with Gasteiger partial charge in [-0.1, -0.05) is 30.3 Å². The number of aryl methyl sites for hydroxylation is 2. The van der Waals surface area contributed by atoms with Gasteiger partial charge in [-0.25, -0.2) is 13.4 Å². The van der Waals surface area contributed by atoms with Crippen molar-refractivity contribution in [2.75, 3.05) is 31.1 Å². The van der Waals surface area contributed by atoms with E-state index >= 15 is 0 Å². The van der Waals surface area contributed by atoms with E-state index in [0.29, 0.717) is 26.2 Å². The molecule has 0 atom stereocenters. The molecule has 0 spiro atoms. The molecule has 0 saturated carbocycles. The first-order valence-electron chi connectivity index (χ1n) is 10.1. The highest BCUT2D eigenvalue weighted by Crippen LogP contribution is 2.27. The molecule has 1 saturated heterocycles. The van der Waals surface area contributed by atoms with E-state index < -0.39 is 10.0 Å². The van der Waals surface area contributed by atoms with Crippen molar-refractivity contribution in [3.8, 4) is 6.07 Å². The van der Waals surface area contributed by atoms with E-state index in [9.17, 15) is 13.7 Å². The highest BCUT2D eigenvalue weighted by Gasteiger charge is 2.31. The van der Waals surface area contributed by atoms with E-state index in [1.54, 1.807) is 23.5 Å². The second-order valence-electron chi connectivity index (χ2n) is 7.67. The van der Waals surface area contributed by atoms with Crippen LogP contribution in [0, 0.1) is 25.2 Å². The molecule has 4 rings (SSSR count). The summed E-state index contributed by atoms with van der Waals surface area (Å²) >= 11 is 1.60. The van der Waals surface area contributed by atoms with Crippen LogP contribution in [0.25, 0.3) is 0 Å². The molecule has 6 nitrogen and oxygen atoms in total. The van der Waals surface area contributed by atoms with Gasteiger partial charge in [-0.05, 0) is 42.7 Å². The third-order valence-corrected chi connectivity index (χ3v) is 8.58. The van der Waals surface area contributed by atoms with Crippen LogP contribution in [0.2, 0.25) is 0 Å². The second kappa shape index (κ2) is 8.79. The SMILES string of the molecule is Cc1cccc(C)c1Cc1csc(N2CCN(S(=O)(=O)c3ccccc3C#N)CC2)n1. The van der Waals surface area contributed by atoms with Gasteiger partial charge in [0.2, 0.25) is 10.0 Å². The van der Waals surface area contributed by atoms with Crippen LogP contribution >= 0.6 is 11.3 Å². The average Bonchev–Trinajstić information content (AvgIpc) is 3.25. The molecule has 8 heteroatoms. The summed E-state index contributed by atoms with van der Waals surface area (Å²) in [4.78, 5) is 7.04. The zero-order valence-corrected chi connectivity index (χ0v) is 19.2. The Bertz CT molecular complexity index is 1220. The Morgan fingerprint density at radius 1 is 1.03 bits per heavy atom. The van der Waals surface area contributed by atoms with Crippen molar-refractivity contribution in [1.82, 2.24) is 9.29 Å². The van der Waals surface area contributed by atoms with Crippen LogP contribution in [-0.4, -0.2) is 43.9 Å². The Balaban J connectivity index is 1.45. The minimum atomic E-state index is -3.69. The fourth-order valence-corrected chi connectivity index (χ4v) is 6.32. The molecule has 2 aromatic carbocycles. The van der Waals surface area contributed by atoms with E-state index in [0.717, 1.165) is 17.2 Å². The van der Waals surface area contributed by atoms with Gasteiger partial charge in [0.05, 0.1) is 16.2 Å². The molecular weight excluding hydrogens is 428 g/mol. The highest BCUT2D eigenvalue weighted by molar-refractivity contribution is 7.89. The van der Waals surface area contributed by atoms with Crippen molar-refractivity contribution in [3.63, 3.8) is 0 Å².